The summed E-state index contributed by atoms with van der Waals surface area (Å²) < 4.78 is 48.0. The molecule has 202 valence electrons. The highest BCUT2D eigenvalue weighted by Crippen LogP contribution is 2.33. The van der Waals surface area contributed by atoms with Crippen LogP contribution < -0.4 is 28.7 Å². The lowest BCUT2D eigenvalue weighted by molar-refractivity contribution is -0.119. The van der Waals surface area contributed by atoms with Crippen LogP contribution >= 0.6 is 0 Å². The first-order chi connectivity index (χ1) is 18.2. The number of benzene rings is 3. The first kappa shape index (κ1) is 28.3. The Hall–Kier alpha value is -4.25. The van der Waals surface area contributed by atoms with Gasteiger partial charge in [0.1, 0.15) is 24.7 Å². The second kappa shape index (κ2) is 13.3. The van der Waals surface area contributed by atoms with E-state index < -0.39 is 22.5 Å². The lowest BCUT2D eigenvalue weighted by Crippen LogP contribution is -2.39. The summed E-state index contributed by atoms with van der Waals surface area (Å²) in [5.41, 5.74) is 4.20. The second-order valence-electron chi connectivity index (χ2n) is 8.01. The topological polar surface area (TPSA) is 116 Å². The lowest BCUT2D eigenvalue weighted by atomic mass is 10.2. The van der Waals surface area contributed by atoms with Crippen molar-refractivity contribution in [2.75, 3.05) is 37.9 Å². The monoisotopic (exact) mass is 541 g/mol. The Morgan fingerprint density at radius 2 is 1.68 bits per heavy atom. The molecule has 0 bridgehead atoms. The molecule has 0 fully saturated rings. The highest BCUT2D eigenvalue weighted by Gasteiger charge is 2.24. The van der Waals surface area contributed by atoms with Crippen LogP contribution in [-0.2, 0) is 21.4 Å². The van der Waals surface area contributed by atoms with Gasteiger partial charge in [-0.05, 0) is 48.4 Å². The zero-order valence-corrected chi connectivity index (χ0v) is 22.5. The average Bonchev–Trinajstić information content (AvgIpc) is 2.91. The number of hydrogen-bond acceptors (Lipinski definition) is 8. The van der Waals surface area contributed by atoms with E-state index in [9.17, 15) is 13.2 Å². The van der Waals surface area contributed by atoms with Crippen molar-refractivity contribution in [3.05, 3.63) is 77.9 Å². The van der Waals surface area contributed by atoms with E-state index in [4.69, 9.17) is 18.9 Å². The Balaban J connectivity index is 1.70. The van der Waals surface area contributed by atoms with Gasteiger partial charge in [0.25, 0.3) is 5.91 Å². The summed E-state index contributed by atoms with van der Waals surface area (Å²) in [5.74, 6) is 1.14. The molecule has 3 aromatic rings. The van der Waals surface area contributed by atoms with Gasteiger partial charge in [-0.15, -0.1) is 0 Å². The molecule has 0 aromatic heterocycles. The quantitative estimate of drug-likeness (QED) is 0.260. The van der Waals surface area contributed by atoms with Gasteiger partial charge < -0.3 is 18.9 Å². The normalized spacial score (nSPS) is 11.2. The molecule has 0 saturated carbocycles. The third-order valence-electron chi connectivity index (χ3n) is 5.25. The van der Waals surface area contributed by atoms with E-state index >= 15 is 0 Å². The summed E-state index contributed by atoms with van der Waals surface area (Å²) in [6.07, 6.45) is 2.43. The number of rotatable bonds is 13. The van der Waals surface area contributed by atoms with E-state index in [1.54, 1.807) is 30.3 Å². The SMILES string of the molecule is CCOc1cc(/C=N/NC(=O)CN(c2cc(OC)ccc2OC)S(C)(=O)=O)ccc1OCc1ccccc1. The van der Waals surface area contributed by atoms with Crippen LogP contribution in [0.4, 0.5) is 5.69 Å². The van der Waals surface area contributed by atoms with Gasteiger partial charge >= 0.3 is 0 Å². The molecule has 1 amide bonds. The third kappa shape index (κ3) is 7.87. The Kier molecular flexibility index (Phi) is 9.94. The van der Waals surface area contributed by atoms with Crippen molar-refractivity contribution in [2.45, 2.75) is 13.5 Å². The predicted octanol–water partition coefficient (Wildman–Crippen LogP) is 3.60. The van der Waals surface area contributed by atoms with Gasteiger partial charge in [0, 0.05) is 6.07 Å². The molecule has 38 heavy (non-hydrogen) atoms. The number of carbonyl (C=O) groups excluding carboxylic acids is 1. The Morgan fingerprint density at radius 3 is 2.34 bits per heavy atom. The van der Waals surface area contributed by atoms with Crippen LogP contribution in [0, 0.1) is 0 Å². The highest BCUT2D eigenvalue weighted by atomic mass is 32.2. The number of ether oxygens (including phenoxy) is 4. The molecule has 0 aliphatic rings. The van der Waals surface area contributed by atoms with Crippen molar-refractivity contribution in [3.8, 4) is 23.0 Å². The number of hydrazone groups is 1. The first-order valence-corrected chi connectivity index (χ1v) is 13.5. The highest BCUT2D eigenvalue weighted by molar-refractivity contribution is 7.92. The molecule has 3 rings (SSSR count). The summed E-state index contributed by atoms with van der Waals surface area (Å²) in [6.45, 7) is 2.18. The lowest BCUT2D eigenvalue weighted by Gasteiger charge is -2.23. The van der Waals surface area contributed by atoms with E-state index in [0.717, 1.165) is 16.1 Å². The molecule has 0 aliphatic carbocycles. The Labute approximate surface area is 222 Å². The number of carbonyl (C=O) groups is 1. The van der Waals surface area contributed by atoms with Crippen molar-refractivity contribution in [3.63, 3.8) is 0 Å². The van der Waals surface area contributed by atoms with Crippen LogP contribution in [0.5, 0.6) is 23.0 Å². The average molecular weight is 542 g/mol. The standard InChI is InChI=1S/C27H31N3O7S/c1-5-36-26-15-21(11-13-25(26)37-19-20-9-7-6-8-10-20)17-28-29-27(31)18-30(38(4,32)33)23-16-22(34-2)12-14-24(23)35-3/h6-17H,5,18-19H2,1-4H3,(H,29,31)/b28-17+. The second-order valence-corrected chi connectivity index (χ2v) is 9.92. The maximum atomic E-state index is 12.6. The van der Waals surface area contributed by atoms with Gasteiger partial charge in [-0.2, -0.15) is 5.10 Å². The van der Waals surface area contributed by atoms with E-state index in [0.29, 0.717) is 36.0 Å². The van der Waals surface area contributed by atoms with Crippen LogP contribution in [0.1, 0.15) is 18.1 Å². The number of amides is 1. The molecule has 0 radical (unpaired) electrons. The van der Waals surface area contributed by atoms with Gasteiger partial charge in [0.15, 0.2) is 11.5 Å². The van der Waals surface area contributed by atoms with Crippen LogP contribution in [0.15, 0.2) is 71.8 Å². The van der Waals surface area contributed by atoms with Crippen LogP contribution in [0.25, 0.3) is 0 Å². The van der Waals surface area contributed by atoms with Crippen molar-refractivity contribution < 1.29 is 32.2 Å². The zero-order valence-electron chi connectivity index (χ0n) is 21.7. The number of sulfonamides is 1. The summed E-state index contributed by atoms with van der Waals surface area (Å²) in [6, 6.07) is 19.7. The third-order valence-corrected chi connectivity index (χ3v) is 6.38. The molecule has 0 heterocycles. The molecule has 0 spiro atoms. The Morgan fingerprint density at radius 1 is 0.947 bits per heavy atom. The van der Waals surface area contributed by atoms with Gasteiger partial charge in [-0.1, -0.05) is 30.3 Å². The van der Waals surface area contributed by atoms with Crippen molar-refractivity contribution in [1.82, 2.24) is 5.43 Å². The fraction of sp³-hybridized carbons (Fsp3) is 0.259. The van der Waals surface area contributed by atoms with E-state index in [-0.39, 0.29) is 11.4 Å². The summed E-state index contributed by atoms with van der Waals surface area (Å²) in [4.78, 5) is 12.6. The Bertz CT molecular complexity index is 1360. The van der Waals surface area contributed by atoms with Crippen LogP contribution in [-0.4, -0.2) is 54.2 Å². The van der Waals surface area contributed by atoms with Gasteiger partial charge in [-0.3, -0.25) is 9.10 Å². The van der Waals surface area contributed by atoms with Crippen LogP contribution in [0.2, 0.25) is 0 Å². The minimum absolute atomic E-state index is 0.168. The van der Waals surface area contributed by atoms with Crippen molar-refractivity contribution in [2.24, 2.45) is 5.10 Å². The fourth-order valence-corrected chi connectivity index (χ4v) is 4.30. The smallest absolute Gasteiger partial charge is 0.260 e. The molecular weight excluding hydrogens is 510 g/mol. The summed E-state index contributed by atoms with van der Waals surface area (Å²) in [7, 11) is -0.973. The van der Waals surface area contributed by atoms with Crippen LogP contribution in [0.3, 0.4) is 0 Å². The number of anilines is 1. The number of hydrogen-bond donors (Lipinski definition) is 1. The van der Waals surface area contributed by atoms with Crippen molar-refractivity contribution >= 4 is 27.8 Å². The first-order valence-electron chi connectivity index (χ1n) is 11.7. The molecule has 11 heteroatoms. The van der Waals surface area contributed by atoms with E-state index in [1.807, 2.05) is 37.3 Å². The number of nitrogens with zero attached hydrogens (tertiary/aromatic N) is 2. The van der Waals surface area contributed by atoms with Gasteiger partial charge in [0.2, 0.25) is 10.0 Å². The zero-order chi connectivity index (χ0) is 27.5. The summed E-state index contributed by atoms with van der Waals surface area (Å²) >= 11 is 0. The van der Waals surface area contributed by atoms with Gasteiger partial charge in [-0.25, -0.2) is 13.8 Å². The molecule has 10 nitrogen and oxygen atoms in total. The van der Waals surface area contributed by atoms with E-state index in [2.05, 4.69) is 10.5 Å². The van der Waals surface area contributed by atoms with Crippen molar-refractivity contribution in [1.29, 1.82) is 0 Å². The summed E-state index contributed by atoms with van der Waals surface area (Å²) in [5, 5.41) is 3.97. The molecule has 0 aliphatic heterocycles. The minimum atomic E-state index is -3.84. The molecule has 1 N–H and O–H groups in total. The maximum Gasteiger partial charge on any atom is 0.260 e. The molecule has 0 atom stereocenters. The molecule has 0 unspecified atom stereocenters. The predicted molar refractivity (Wildman–Crippen MR) is 146 cm³/mol. The largest absolute Gasteiger partial charge is 0.497 e. The minimum Gasteiger partial charge on any atom is -0.497 e. The van der Waals surface area contributed by atoms with Gasteiger partial charge in [0.05, 0.1) is 39.0 Å². The number of methoxy groups -OCH3 is 2. The maximum absolute atomic E-state index is 12.6. The molecule has 3 aromatic carbocycles. The molecule has 0 saturated heterocycles. The fourth-order valence-electron chi connectivity index (χ4n) is 3.45. The van der Waals surface area contributed by atoms with E-state index in [1.165, 1.54) is 26.5 Å². The molecular formula is C27H31N3O7S. The number of nitrogens with one attached hydrogen (secondary N) is 1.